The Labute approximate surface area is 164 Å². The van der Waals surface area contributed by atoms with Crippen molar-refractivity contribution < 1.29 is 4.74 Å². The lowest BCUT2D eigenvalue weighted by atomic mass is 10.2. The molecule has 0 fully saturated rings. The van der Waals surface area contributed by atoms with Crippen molar-refractivity contribution in [1.82, 2.24) is 14.9 Å². The molecular formula is C20H19N3O2S2. The first kappa shape index (κ1) is 17.9. The highest BCUT2D eigenvalue weighted by atomic mass is 32.1. The van der Waals surface area contributed by atoms with Crippen LogP contribution in [0.15, 0.2) is 58.0 Å². The number of ether oxygens (including phenoxy) is 1. The van der Waals surface area contributed by atoms with Crippen molar-refractivity contribution in [2.75, 3.05) is 20.2 Å². The van der Waals surface area contributed by atoms with Gasteiger partial charge in [-0.05, 0) is 30.6 Å². The second-order valence-corrected chi connectivity index (χ2v) is 8.02. The summed E-state index contributed by atoms with van der Waals surface area (Å²) in [6, 6.07) is 13.8. The summed E-state index contributed by atoms with van der Waals surface area (Å²) in [4.78, 5) is 24.2. The zero-order valence-corrected chi connectivity index (χ0v) is 16.5. The van der Waals surface area contributed by atoms with Gasteiger partial charge in [-0.1, -0.05) is 24.3 Å². The minimum atomic E-state index is -0.0754. The van der Waals surface area contributed by atoms with Crippen LogP contribution in [0.3, 0.4) is 0 Å². The average molecular weight is 398 g/mol. The van der Waals surface area contributed by atoms with Gasteiger partial charge in [0.05, 0.1) is 11.9 Å². The van der Waals surface area contributed by atoms with Crippen LogP contribution >= 0.6 is 22.7 Å². The van der Waals surface area contributed by atoms with Crippen LogP contribution < -0.4 is 10.3 Å². The summed E-state index contributed by atoms with van der Waals surface area (Å²) >= 11 is 3.15. The van der Waals surface area contributed by atoms with E-state index in [4.69, 9.17) is 4.74 Å². The van der Waals surface area contributed by atoms with E-state index in [9.17, 15) is 4.79 Å². The molecule has 5 nitrogen and oxygen atoms in total. The van der Waals surface area contributed by atoms with E-state index in [0.29, 0.717) is 24.4 Å². The first-order chi connectivity index (χ1) is 13.2. The topological polar surface area (TPSA) is 58.2 Å². The lowest BCUT2D eigenvalue weighted by molar-refractivity contribution is 0.230. The number of nitrogens with zero attached hydrogens (tertiary/aromatic N) is 2. The molecule has 0 radical (unpaired) electrons. The van der Waals surface area contributed by atoms with Gasteiger partial charge in [-0.25, -0.2) is 4.98 Å². The molecule has 0 atom stereocenters. The van der Waals surface area contributed by atoms with Gasteiger partial charge >= 0.3 is 0 Å². The number of hydrogen-bond acceptors (Lipinski definition) is 6. The van der Waals surface area contributed by atoms with Gasteiger partial charge in [0.25, 0.3) is 5.56 Å². The zero-order chi connectivity index (χ0) is 18.6. The first-order valence-corrected chi connectivity index (χ1v) is 10.4. The predicted molar refractivity (Wildman–Crippen MR) is 112 cm³/mol. The van der Waals surface area contributed by atoms with E-state index in [1.54, 1.807) is 11.3 Å². The maximum absolute atomic E-state index is 12.6. The Bertz CT molecular complexity index is 1070. The first-order valence-electron chi connectivity index (χ1n) is 8.61. The maximum atomic E-state index is 12.6. The molecule has 3 aromatic heterocycles. The second-order valence-electron chi connectivity index (χ2n) is 6.22. The minimum absolute atomic E-state index is 0.0754. The zero-order valence-electron chi connectivity index (χ0n) is 14.8. The SMILES string of the molecule is CN(CCOc1ccccc1)Cc1nc2scc(-c3cccs3)c2c(=O)[nH]1. The Morgan fingerprint density at radius 2 is 2.00 bits per heavy atom. The Morgan fingerprint density at radius 3 is 2.78 bits per heavy atom. The number of hydrogen-bond donors (Lipinski definition) is 1. The molecule has 4 rings (SSSR count). The summed E-state index contributed by atoms with van der Waals surface area (Å²) in [5.41, 5.74) is 0.892. The van der Waals surface area contributed by atoms with Crippen molar-refractivity contribution in [2.45, 2.75) is 6.54 Å². The Kier molecular flexibility index (Phi) is 5.33. The number of aromatic nitrogens is 2. The summed E-state index contributed by atoms with van der Waals surface area (Å²) in [6.07, 6.45) is 0. The van der Waals surface area contributed by atoms with Crippen LogP contribution in [-0.4, -0.2) is 35.1 Å². The van der Waals surface area contributed by atoms with Gasteiger partial charge in [0.2, 0.25) is 0 Å². The third-order valence-electron chi connectivity index (χ3n) is 4.18. The molecule has 0 bridgehead atoms. The quantitative estimate of drug-likeness (QED) is 0.507. The maximum Gasteiger partial charge on any atom is 0.260 e. The Balaban J connectivity index is 1.44. The molecule has 1 aromatic carbocycles. The molecule has 0 amide bonds. The molecule has 0 unspecified atom stereocenters. The van der Waals surface area contributed by atoms with E-state index in [1.165, 1.54) is 11.3 Å². The van der Waals surface area contributed by atoms with Crippen LogP contribution in [0.5, 0.6) is 5.75 Å². The predicted octanol–water partition coefficient (Wildman–Crippen LogP) is 4.22. The Hall–Kier alpha value is -2.48. The highest BCUT2D eigenvalue weighted by Crippen LogP contribution is 2.33. The molecular weight excluding hydrogens is 378 g/mol. The molecule has 0 aliphatic heterocycles. The van der Waals surface area contributed by atoms with Gasteiger partial charge in [0.15, 0.2) is 0 Å². The third kappa shape index (κ3) is 4.10. The van der Waals surface area contributed by atoms with Gasteiger partial charge in [-0.3, -0.25) is 9.69 Å². The highest BCUT2D eigenvalue weighted by Gasteiger charge is 2.14. The Morgan fingerprint density at radius 1 is 1.15 bits per heavy atom. The van der Waals surface area contributed by atoms with Crippen molar-refractivity contribution in [2.24, 2.45) is 0 Å². The lowest BCUT2D eigenvalue weighted by Crippen LogP contribution is -2.26. The second kappa shape index (κ2) is 8.04. The molecule has 7 heteroatoms. The van der Waals surface area contributed by atoms with Crippen LogP contribution in [0.2, 0.25) is 0 Å². The monoisotopic (exact) mass is 397 g/mol. The normalized spacial score (nSPS) is 11.3. The molecule has 0 spiro atoms. The largest absolute Gasteiger partial charge is 0.492 e. The van der Waals surface area contributed by atoms with Crippen LogP contribution in [0, 0.1) is 0 Å². The van der Waals surface area contributed by atoms with E-state index in [1.807, 2.05) is 60.3 Å². The van der Waals surface area contributed by atoms with E-state index in [2.05, 4.69) is 14.9 Å². The molecule has 4 aromatic rings. The van der Waals surface area contributed by atoms with Crippen molar-refractivity contribution in [3.8, 4) is 16.2 Å². The molecule has 3 heterocycles. The summed E-state index contributed by atoms with van der Waals surface area (Å²) < 4.78 is 5.72. The van der Waals surface area contributed by atoms with E-state index in [0.717, 1.165) is 27.6 Å². The fraction of sp³-hybridized carbons (Fsp3) is 0.200. The number of likely N-dealkylation sites (N-methyl/N-ethyl adjacent to an activating group) is 1. The van der Waals surface area contributed by atoms with Gasteiger partial charge in [-0.15, -0.1) is 22.7 Å². The van der Waals surface area contributed by atoms with E-state index < -0.39 is 0 Å². The summed E-state index contributed by atoms with van der Waals surface area (Å²) in [5, 5.41) is 4.71. The minimum Gasteiger partial charge on any atom is -0.492 e. The van der Waals surface area contributed by atoms with Crippen LogP contribution in [0.1, 0.15) is 5.82 Å². The fourth-order valence-electron chi connectivity index (χ4n) is 2.85. The molecule has 0 saturated carbocycles. The molecule has 0 aliphatic carbocycles. The fourth-order valence-corrected chi connectivity index (χ4v) is 4.63. The smallest absolute Gasteiger partial charge is 0.260 e. The van der Waals surface area contributed by atoms with Crippen molar-refractivity contribution >= 4 is 32.9 Å². The summed E-state index contributed by atoms with van der Waals surface area (Å²) in [5.74, 6) is 1.54. The average Bonchev–Trinajstić information content (AvgIpc) is 3.32. The van der Waals surface area contributed by atoms with E-state index in [-0.39, 0.29) is 5.56 Å². The number of aromatic amines is 1. The van der Waals surface area contributed by atoms with Gasteiger partial charge in [0.1, 0.15) is 23.0 Å². The number of benzene rings is 1. The molecule has 138 valence electrons. The number of nitrogens with one attached hydrogen (secondary N) is 1. The summed E-state index contributed by atoms with van der Waals surface area (Å²) in [7, 11) is 1.99. The van der Waals surface area contributed by atoms with Crippen molar-refractivity contribution in [3.05, 3.63) is 69.4 Å². The number of fused-ring (bicyclic) bond motifs is 1. The van der Waals surface area contributed by atoms with Gasteiger partial charge in [-0.2, -0.15) is 0 Å². The number of rotatable bonds is 7. The molecule has 0 aliphatic rings. The highest BCUT2D eigenvalue weighted by molar-refractivity contribution is 7.18. The van der Waals surface area contributed by atoms with E-state index >= 15 is 0 Å². The number of H-pyrrole nitrogens is 1. The van der Waals surface area contributed by atoms with Crippen molar-refractivity contribution in [3.63, 3.8) is 0 Å². The summed E-state index contributed by atoms with van der Waals surface area (Å²) in [6.45, 7) is 1.88. The molecule has 0 saturated heterocycles. The lowest BCUT2D eigenvalue weighted by Gasteiger charge is -2.16. The van der Waals surface area contributed by atoms with Gasteiger partial charge in [0, 0.05) is 22.4 Å². The number of para-hydroxylation sites is 1. The standard InChI is InChI=1S/C20H19N3O2S2/c1-23(9-10-25-14-6-3-2-4-7-14)12-17-21-19(24)18-15(13-27-20(18)22-17)16-8-5-11-26-16/h2-8,11,13H,9-10,12H2,1H3,(H,21,22,24). The van der Waals surface area contributed by atoms with Crippen LogP contribution in [-0.2, 0) is 6.54 Å². The molecule has 27 heavy (non-hydrogen) atoms. The third-order valence-corrected chi connectivity index (χ3v) is 5.96. The van der Waals surface area contributed by atoms with Crippen molar-refractivity contribution in [1.29, 1.82) is 0 Å². The van der Waals surface area contributed by atoms with Crippen LogP contribution in [0.25, 0.3) is 20.7 Å². The van der Waals surface area contributed by atoms with Gasteiger partial charge < -0.3 is 9.72 Å². The molecule has 1 N–H and O–H groups in total. The number of thiophene rings is 2. The van der Waals surface area contributed by atoms with Crippen LogP contribution in [0.4, 0.5) is 0 Å².